The van der Waals surface area contributed by atoms with E-state index in [1.165, 1.54) is 12.1 Å². The molecule has 0 unspecified atom stereocenters. The van der Waals surface area contributed by atoms with E-state index in [1.54, 1.807) is 0 Å². The Labute approximate surface area is 269 Å². The molecule has 0 N–H and O–H groups in total. The molecule has 0 aromatic heterocycles. The number of halogens is 11. The van der Waals surface area contributed by atoms with Gasteiger partial charge in [-0.2, -0.15) is 17.6 Å². The van der Waals surface area contributed by atoms with Crippen LogP contribution in [0.4, 0.5) is 48.3 Å². The molecule has 4 rings (SSSR count). The number of unbranched alkanes of at least 4 members (excludes halogenated alkanes) is 3. The summed E-state index contributed by atoms with van der Waals surface area (Å²) in [5, 5.41) is 0. The van der Waals surface area contributed by atoms with E-state index in [-0.39, 0.29) is 48.9 Å². The summed E-state index contributed by atoms with van der Waals surface area (Å²) in [4.78, 5) is 0. The zero-order valence-corrected chi connectivity index (χ0v) is 25.4. The molecule has 0 aliphatic rings. The fourth-order valence-corrected chi connectivity index (χ4v) is 5.01. The van der Waals surface area contributed by atoms with Crippen molar-refractivity contribution < 1.29 is 57.8 Å². The molecule has 4 aromatic carbocycles. The first-order valence-electron chi connectivity index (χ1n) is 14.9. The largest absolute Gasteiger partial charge is 0.432 e. The standard InChI is InChI=1S/C35H29F11O2/c1-2-3-4-7-20-10-13-25(27(37)14-20)34(43,44)47-23-12-11-22(26(36)17-23)9-6-5-8-21-15-28(38)32(29(39)16-21)35(45,46)48-24-18-30(40)33(42)31(41)19-24/h10-19H,2-9H2,1H3. The van der Waals surface area contributed by atoms with E-state index in [0.717, 1.165) is 43.5 Å². The highest BCUT2D eigenvalue weighted by Gasteiger charge is 2.42. The lowest BCUT2D eigenvalue weighted by Crippen LogP contribution is -2.25. The summed E-state index contributed by atoms with van der Waals surface area (Å²) in [7, 11) is 0. The van der Waals surface area contributed by atoms with Gasteiger partial charge in [0.25, 0.3) is 0 Å². The third-order valence-electron chi connectivity index (χ3n) is 7.44. The Kier molecular flexibility index (Phi) is 11.6. The van der Waals surface area contributed by atoms with Crippen LogP contribution in [-0.2, 0) is 31.5 Å². The molecule has 13 heteroatoms. The van der Waals surface area contributed by atoms with Crippen LogP contribution in [0.1, 0.15) is 66.8 Å². The Hall–Kier alpha value is -4.29. The van der Waals surface area contributed by atoms with Crippen molar-refractivity contribution in [1.82, 2.24) is 0 Å². The van der Waals surface area contributed by atoms with E-state index in [2.05, 4.69) is 9.47 Å². The van der Waals surface area contributed by atoms with E-state index >= 15 is 0 Å². The molecule has 0 amide bonds. The first-order valence-corrected chi connectivity index (χ1v) is 14.9. The van der Waals surface area contributed by atoms with Crippen molar-refractivity contribution >= 4 is 0 Å². The van der Waals surface area contributed by atoms with Crippen LogP contribution >= 0.6 is 0 Å². The Balaban J connectivity index is 1.33. The maximum Gasteiger partial charge on any atom is 0.432 e. The van der Waals surface area contributed by atoms with Gasteiger partial charge in [-0.3, -0.25) is 0 Å². The van der Waals surface area contributed by atoms with Crippen LogP contribution < -0.4 is 9.47 Å². The summed E-state index contributed by atoms with van der Waals surface area (Å²) < 4.78 is 165. The highest BCUT2D eigenvalue weighted by Crippen LogP contribution is 2.37. The lowest BCUT2D eigenvalue weighted by molar-refractivity contribution is -0.190. The summed E-state index contributed by atoms with van der Waals surface area (Å²) in [5.41, 5.74) is -2.21. The van der Waals surface area contributed by atoms with Gasteiger partial charge in [0.05, 0.1) is 5.56 Å². The number of alkyl halides is 4. The second-order valence-electron chi connectivity index (χ2n) is 11.1. The highest BCUT2D eigenvalue weighted by molar-refractivity contribution is 5.33. The van der Waals surface area contributed by atoms with Crippen molar-refractivity contribution in [3.8, 4) is 11.5 Å². The average molecular weight is 691 g/mol. The summed E-state index contributed by atoms with van der Waals surface area (Å²) in [5.74, 6) is -12.9. The molecule has 0 aliphatic heterocycles. The van der Waals surface area contributed by atoms with Crippen molar-refractivity contribution in [3.05, 3.63) is 129 Å². The van der Waals surface area contributed by atoms with Crippen molar-refractivity contribution in [2.75, 3.05) is 0 Å². The van der Waals surface area contributed by atoms with E-state index in [4.69, 9.17) is 0 Å². The molecule has 0 saturated carbocycles. The summed E-state index contributed by atoms with van der Waals surface area (Å²) in [6, 6.07) is 7.75. The van der Waals surface area contributed by atoms with Gasteiger partial charge >= 0.3 is 12.2 Å². The molecule has 258 valence electrons. The highest BCUT2D eigenvalue weighted by atomic mass is 19.3. The smallest absolute Gasteiger partial charge is 0.429 e. The van der Waals surface area contributed by atoms with Gasteiger partial charge in [0.2, 0.25) is 0 Å². The average Bonchev–Trinajstić information content (AvgIpc) is 2.98. The maximum absolute atomic E-state index is 14.7. The number of hydrogen-bond acceptors (Lipinski definition) is 2. The molecule has 0 spiro atoms. The second kappa shape index (κ2) is 15.3. The van der Waals surface area contributed by atoms with Crippen molar-refractivity contribution in [3.63, 3.8) is 0 Å². The van der Waals surface area contributed by atoms with E-state index in [9.17, 15) is 48.3 Å². The molecule has 0 bridgehead atoms. The number of benzene rings is 4. The molecule has 0 saturated heterocycles. The molecule has 0 atom stereocenters. The Morgan fingerprint density at radius 2 is 1.04 bits per heavy atom. The summed E-state index contributed by atoms with van der Waals surface area (Å²) >= 11 is 0. The SMILES string of the molecule is CCCCCc1ccc(C(F)(F)Oc2ccc(CCCCc3cc(F)c(C(F)(F)Oc4cc(F)c(F)c(F)c4)c(F)c3)c(F)c2)c(F)c1. The van der Waals surface area contributed by atoms with Crippen LogP contribution in [0.2, 0.25) is 0 Å². The number of aryl methyl sites for hydroxylation is 3. The molecule has 0 radical (unpaired) electrons. The maximum atomic E-state index is 14.7. The Morgan fingerprint density at radius 3 is 1.65 bits per heavy atom. The van der Waals surface area contributed by atoms with Gasteiger partial charge in [-0.25, -0.2) is 30.7 Å². The Morgan fingerprint density at radius 1 is 0.500 bits per heavy atom. The molecule has 0 heterocycles. The van der Waals surface area contributed by atoms with Crippen LogP contribution in [0.5, 0.6) is 11.5 Å². The zero-order chi connectivity index (χ0) is 35.2. The predicted molar refractivity (Wildman–Crippen MR) is 154 cm³/mol. The fraction of sp³-hybridized carbons (Fsp3) is 0.314. The van der Waals surface area contributed by atoms with Gasteiger partial charge in [-0.15, -0.1) is 0 Å². The first kappa shape index (κ1) is 36.5. The lowest BCUT2D eigenvalue weighted by Gasteiger charge is -2.20. The monoisotopic (exact) mass is 690 g/mol. The van der Waals surface area contributed by atoms with Crippen molar-refractivity contribution in [2.24, 2.45) is 0 Å². The third kappa shape index (κ3) is 8.99. The van der Waals surface area contributed by atoms with Gasteiger partial charge in [0, 0.05) is 18.2 Å². The van der Waals surface area contributed by atoms with Crippen molar-refractivity contribution in [2.45, 2.75) is 70.5 Å². The normalized spacial score (nSPS) is 12.0. The molecule has 2 nitrogen and oxygen atoms in total. The van der Waals surface area contributed by atoms with Crippen LogP contribution in [0.25, 0.3) is 0 Å². The quantitative estimate of drug-likeness (QED) is 0.0702. The minimum Gasteiger partial charge on any atom is -0.429 e. The van der Waals surface area contributed by atoms with E-state index < -0.39 is 75.6 Å². The van der Waals surface area contributed by atoms with Crippen LogP contribution in [0.15, 0.2) is 60.7 Å². The molecular formula is C35H29F11O2. The molecule has 0 fully saturated rings. The summed E-state index contributed by atoms with van der Waals surface area (Å²) in [6.07, 6.45) is -5.18. The van der Waals surface area contributed by atoms with Crippen molar-refractivity contribution in [1.29, 1.82) is 0 Å². The van der Waals surface area contributed by atoms with E-state index in [0.29, 0.717) is 24.1 Å². The number of hydrogen-bond donors (Lipinski definition) is 0. The van der Waals surface area contributed by atoms with Gasteiger partial charge < -0.3 is 9.47 Å². The van der Waals surface area contributed by atoms with Gasteiger partial charge in [-0.05, 0) is 85.5 Å². The second-order valence-corrected chi connectivity index (χ2v) is 11.1. The number of ether oxygens (including phenoxy) is 2. The Bertz CT molecular complexity index is 1690. The molecule has 0 aliphatic carbocycles. The number of rotatable bonds is 15. The predicted octanol–water partition coefficient (Wildman–Crippen LogP) is 11.2. The van der Waals surface area contributed by atoms with Crippen LogP contribution in [0, 0.1) is 40.7 Å². The van der Waals surface area contributed by atoms with Crippen LogP contribution in [0.3, 0.4) is 0 Å². The lowest BCUT2D eigenvalue weighted by atomic mass is 10.0. The minimum atomic E-state index is -4.73. The summed E-state index contributed by atoms with van der Waals surface area (Å²) in [6.45, 7) is 2.00. The molecular weight excluding hydrogens is 661 g/mol. The third-order valence-corrected chi connectivity index (χ3v) is 7.44. The molecule has 4 aromatic rings. The minimum absolute atomic E-state index is 0.0348. The van der Waals surface area contributed by atoms with Gasteiger partial charge in [0.1, 0.15) is 40.3 Å². The van der Waals surface area contributed by atoms with Gasteiger partial charge in [0.15, 0.2) is 17.5 Å². The van der Waals surface area contributed by atoms with Gasteiger partial charge in [-0.1, -0.05) is 31.9 Å². The first-order chi connectivity index (χ1) is 22.6. The molecule has 48 heavy (non-hydrogen) atoms. The topological polar surface area (TPSA) is 18.5 Å². The fourth-order valence-electron chi connectivity index (χ4n) is 5.01. The zero-order valence-electron chi connectivity index (χ0n) is 25.4. The van der Waals surface area contributed by atoms with Crippen LogP contribution in [-0.4, -0.2) is 0 Å². The van der Waals surface area contributed by atoms with E-state index in [1.807, 2.05) is 6.92 Å².